The van der Waals surface area contributed by atoms with Gasteiger partial charge in [-0.15, -0.1) is 0 Å². The minimum absolute atomic E-state index is 0.0769. The lowest BCUT2D eigenvalue weighted by Gasteiger charge is -2.41. The minimum Gasteiger partial charge on any atom is -0.294 e. The molecule has 4 nitrogen and oxygen atoms in total. The number of carbonyl (C=O) groups is 2. The van der Waals surface area contributed by atoms with E-state index in [1.807, 2.05) is 14.1 Å². The number of Topliss-reactive ketones (excluding diaryl/α,β-unsaturated/α-hetero) is 1. The molecule has 0 saturated heterocycles. The van der Waals surface area contributed by atoms with Crippen molar-refractivity contribution in [3.8, 4) is 0 Å². The van der Waals surface area contributed by atoms with Gasteiger partial charge in [-0.25, -0.2) is 10.0 Å². The quantitative estimate of drug-likeness (QED) is 0.861. The predicted molar refractivity (Wildman–Crippen MR) is 89.6 cm³/mol. The number of hydrogen-bond acceptors (Lipinski definition) is 3. The van der Waals surface area contributed by atoms with E-state index in [-0.39, 0.29) is 17.6 Å². The maximum absolute atomic E-state index is 12.6. The van der Waals surface area contributed by atoms with Crippen LogP contribution in [0, 0.1) is 0 Å². The monoisotopic (exact) mass is 312 g/mol. The molecular weight excluding hydrogens is 288 g/mol. The molecule has 2 aliphatic rings. The molecule has 0 bridgehead atoms. The average molecular weight is 312 g/mol. The SMILES string of the molecule is CCc1ccc([C@@H]2CC(=O)N(N(C)C)C3=C2C(=O)CCC3)cc1. The van der Waals surface area contributed by atoms with Crippen LogP contribution >= 0.6 is 0 Å². The molecule has 0 unspecified atom stereocenters. The highest BCUT2D eigenvalue weighted by Crippen LogP contribution is 2.41. The van der Waals surface area contributed by atoms with Crippen molar-refractivity contribution >= 4 is 11.7 Å². The number of ketones is 1. The number of allylic oxidation sites excluding steroid dienone is 2. The Morgan fingerprint density at radius 3 is 2.43 bits per heavy atom. The molecule has 0 saturated carbocycles. The van der Waals surface area contributed by atoms with Crippen LogP contribution in [0.1, 0.15) is 49.7 Å². The van der Waals surface area contributed by atoms with Crippen molar-refractivity contribution in [3.63, 3.8) is 0 Å². The maximum Gasteiger partial charge on any atom is 0.242 e. The number of carbonyl (C=O) groups excluding carboxylic acids is 2. The molecule has 4 heteroatoms. The van der Waals surface area contributed by atoms with Crippen molar-refractivity contribution < 1.29 is 9.59 Å². The van der Waals surface area contributed by atoms with Gasteiger partial charge in [-0.3, -0.25) is 9.59 Å². The molecule has 3 rings (SSSR count). The first-order valence-electron chi connectivity index (χ1n) is 8.38. The van der Waals surface area contributed by atoms with E-state index in [0.717, 1.165) is 36.1 Å². The van der Waals surface area contributed by atoms with Gasteiger partial charge in [0, 0.05) is 44.1 Å². The van der Waals surface area contributed by atoms with Gasteiger partial charge < -0.3 is 0 Å². The fourth-order valence-electron chi connectivity index (χ4n) is 3.71. The van der Waals surface area contributed by atoms with Gasteiger partial charge in [-0.05, 0) is 30.4 Å². The summed E-state index contributed by atoms with van der Waals surface area (Å²) in [5, 5.41) is 3.50. The summed E-state index contributed by atoms with van der Waals surface area (Å²) in [6.45, 7) is 2.12. The Balaban J connectivity index is 2.07. The van der Waals surface area contributed by atoms with Crippen LogP contribution < -0.4 is 0 Å². The highest BCUT2D eigenvalue weighted by Gasteiger charge is 2.39. The topological polar surface area (TPSA) is 40.6 Å². The van der Waals surface area contributed by atoms with E-state index in [0.29, 0.717) is 12.8 Å². The van der Waals surface area contributed by atoms with Gasteiger partial charge in [-0.1, -0.05) is 31.2 Å². The molecular formula is C19H24N2O2. The maximum atomic E-state index is 12.6. The largest absolute Gasteiger partial charge is 0.294 e. The Kier molecular flexibility index (Phi) is 4.35. The fraction of sp³-hybridized carbons (Fsp3) is 0.474. The van der Waals surface area contributed by atoms with Crippen molar-refractivity contribution in [1.29, 1.82) is 0 Å². The van der Waals surface area contributed by atoms with Crippen molar-refractivity contribution in [2.45, 2.75) is 44.9 Å². The Bertz CT molecular complexity index is 658. The predicted octanol–water partition coefficient (Wildman–Crippen LogP) is 3.05. The number of hydrogen-bond donors (Lipinski definition) is 0. The van der Waals surface area contributed by atoms with E-state index in [1.165, 1.54) is 5.56 Å². The summed E-state index contributed by atoms with van der Waals surface area (Å²) in [7, 11) is 3.72. The van der Waals surface area contributed by atoms with Crippen LogP contribution in [0.3, 0.4) is 0 Å². The Labute approximate surface area is 137 Å². The molecule has 1 aliphatic heterocycles. The smallest absolute Gasteiger partial charge is 0.242 e. The van der Waals surface area contributed by atoms with Gasteiger partial charge in [0.05, 0.1) is 0 Å². The summed E-state index contributed by atoms with van der Waals surface area (Å²) >= 11 is 0. The second-order valence-corrected chi connectivity index (χ2v) is 6.54. The van der Waals surface area contributed by atoms with E-state index < -0.39 is 0 Å². The molecule has 1 aromatic carbocycles. The lowest BCUT2D eigenvalue weighted by atomic mass is 9.77. The Hall–Kier alpha value is -1.94. The molecule has 23 heavy (non-hydrogen) atoms. The van der Waals surface area contributed by atoms with Gasteiger partial charge in [-0.2, -0.15) is 0 Å². The lowest BCUT2D eigenvalue weighted by molar-refractivity contribution is -0.143. The fourth-order valence-corrected chi connectivity index (χ4v) is 3.71. The van der Waals surface area contributed by atoms with Crippen LogP contribution in [0.5, 0.6) is 0 Å². The molecule has 0 radical (unpaired) electrons. The first kappa shape index (κ1) is 15.9. The second-order valence-electron chi connectivity index (χ2n) is 6.54. The first-order valence-corrected chi connectivity index (χ1v) is 8.38. The van der Waals surface area contributed by atoms with E-state index in [2.05, 4.69) is 31.2 Å². The zero-order valence-corrected chi connectivity index (χ0v) is 14.1. The molecule has 0 N–H and O–H groups in total. The molecule has 122 valence electrons. The number of amides is 1. The highest BCUT2D eigenvalue weighted by molar-refractivity contribution is 6.01. The third-order valence-corrected chi connectivity index (χ3v) is 4.84. The molecule has 1 heterocycles. The molecule has 1 amide bonds. The summed E-state index contributed by atoms with van der Waals surface area (Å²) in [5.41, 5.74) is 4.12. The zero-order chi connectivity index (χ0) is 16.6. The summed E-state index contributed by atoms with van der Waals surface area (Å²) < 4.78 is 0. The third-order valence-electron chi connectivity index (χ3n) is 4.84. The number of rotatable bonds is 3. The number of hydrazine groups is 1. The molecule has 1 aromatic rings. The zero-order valence-electron chi connectivity index (χ0n) is 14.1. The summed E-state index contributed by atoms with van der Waals surface area (Å²) in [5.74, 6) is 0.190. The van der Waals surface area contributed by atoms with Gasteiger partial charge in [0.2, 0.25) is 5.91 Å². The standard InChI is InChI=1S/C19H24N2O2/c1-4-13-8-10-14(11-9-13)15-12-18(23)21(20(2)3)16-6-5-7-17(22)19(15)16/h8-11,15H,4-7,12H2,1-3H3/t15-/m0/s1. The minimum atomic E-state index is -0.0904. The van der Waals surface area contributed by atoms with Crippen LogP contribution in [-0.4, -0.2) is 35.8 Å². The van der Waals surface area contributed by atoms with Crippen molar-refractivity contribution in [3.05, 3.63) is 46.7 Å². The van der Waals surface area contributed by atoms with Gasteiger partial charge in [0.25, 0.3) is 0 Å². The van der Waals surface area contributed by atoms with Crippen molar-refractivity contribution in [1.82, 2.24) is 10.0 Å². The number of nitrogens with zero attached hydrogens (tertiary/aromatic N) is 2. The molecule has 1 atom stereocenters. The molecule has 0 fully saturated rings. The first-order chi connectivity index (χ1) is 11.0. The molecule has 0 spiro atoms. The second kappa shape index (κ2) is 6.28. The Morgan fingerprint density at radius 1 is 1.13 bits per heavy atom. The molecule has 0 aromatic heterocycles. The van der Waals surface area contributed by atoms with Crippen LogP contribution in [0.2, 0.25) is 0 Å². The van der Waals surface area contributed by atoms with E-state index in [9.17, 15) is 9.59 Å². The van der Waals surface area contributed by atoms with E-state index >= 15 is 0 Å². The van der Waals surface area contributed by atoms with Crippen molar-refractivity contribution in [2.24, 2.45) is 0 Å². The van der Waals surface area contributed by atoms with E-state index in [4.69, 9.17) is 0 Å². The van der Waals surface area contributed by atoms with Crippen molar-refractivity contribution in [2.75, 3.05) is 14.1 Å². The summed E-state index contributed by atoms with van der Waals surface area (Å²) in [6.07, 6.45) is 3.59. The Morgan fingerprint density at radius 2 is 1.83 bits per heavy atom. The third kappa shape index (κ3) is 2.83. The van der Waals surface area contributed by atoms with E-state index in [1.54, 1.807) is 10.0 Å². The summed E-state index contributed by atoms with van der Waals surface area (Å²) in [4.78, 5) is 25.2. The van der Waals surface area contributed by atoms with Crippen LogP contribution in [0.25, 0.3) is 0 Å². The highest BCUT2D eigenvalue weighted by atomic mass is 16.2. The number of benzene rings is 1. The van der Waals surface area contributed by atoms with Gasteiger partial charge in [0.1, 0.15) is 0 Å². The van der Waals surface area contributed by atoms with Crippen LogP contribution in [-0.2, 0) is 16.0 Å². The van der Waals surface area contributed by atoms with Crippen LogP contribution in [0.15, 0.2) is 35.5 Å². The average Bonchev–Trinajstić information content (AvgIpc) is 2.54. The lowest BCUT2D eigenvalue weighted by Crippen LogP contribution is -2.47. The normalized spacial score (nSPS) is 21.9. The molecule has 1 aliphatic carbocycles. The summed E-state index contributed by atoms with van der Waals surface area (Å²) in [6, 6.07) is 8.36. The number of aryl methyl sites for hydroxylation is 1. The van der Waals surface area contributed by atoms with Crippen LogP contribution in [0.4, 0.5) is 0 Å². The van der Waals surface area contributed by atoms with Gasteiger partial charge >= 0.3 is 0 Å². The van der Waals surface area contributed by atoms with Gasteiger partial charge in [0.15, 0.2) is 5.78 Å².